The number of rotatable bonds is 37. The fourth-order valence-electron chi connectivity index (χ4n) is 5.03. The molecule has 0 aromatic heterocycles. The molecular weight excluding hydrogens is 701 g/mol. The van der Waals surface area contributed by atoms with Crippen molar-refractivity contribution in [1.29, 1.82) is 0 Å². The molecule has 0 aliphatic carbocycles. The number of allylic oxidation sites excluding steroid dienone is 14. The van der Waals surface area contributed by atoms with Crippen LogP contribution in [0.3, 0.4) is 0 Å². The minimum absolute atomic E-state index is 0.0340. The standard InChI is InChI=1S/C44H74NO8P/c1-3-5-7-9-11-13-15-17-19-20-21-22-23-25-27-29-31-33-35-37-44(47)53-42(41-52-54(48,49)51-39-38-45)40-50-43(46)36-34-32-30-28-26-24-18-16-14-12-10-8-6-4-2/h5,7,11,13,17,19,21-22,25,27,30-33,42H,3-4,6,8-10,12,14-16,18,20,23-24,26,28-29,34-41,45H2,1-2H3,(H,48,49). The summed E-state index contributed by atoms with van der Waals surface area (Å²) >= 11 is 0. The summed E-state index contributed by atoms with van der Waals surface area (Å²) in [6, 6.07) is 0. The third-order valence-corrected chi connectivity index (χ3v) is 9.03. The molecule has 0 heterocycles. The highest BCUT2D eigenvalue weighted by atomic mass is 31.2. The van der Waals surface area contributed by atoms with E-state index >= 15 is 0 Å². The van der Waals surface area contributed by atoms with E-state index in [0.717, 1.165) is 51.4 Å². The van der Waals surface area contributed by atoms with Gasteiger partial charge in [-0.05, 0) is 64.2 Å². The van der Waals surface area contributed by atoms with Gasteiger partial charge in [0.05, 0.1) is 13.2 Å². The van der Waals surface area contributed by atoms with Crippen LogP contribution in [0.4, 0.5) is 0 Å². The first-order chi connectivity index (χ1) is 26.3. The van der Waals surface area contributed by atoms with E-state index in [0.29, 0.717) is 12.8 Å². The summed E-state index contributed by atoms with van der Waals surface area (Å²) in [5.41, 5.74) is 5.33. The van der Waals surface area contributed by atoms with Gasteiger partial charge in [-0.3, -0.25) is 18.6 Å². The van der Waals surface area contributed by atoms with Crippen molar-refractivity contribution in [2.75, 3.05) is 26.4 Å². The van der Waals surface area contributed by atoms with Gasteiger partial charge in [0.1, 0.15) is 6.61 Å². The van der Waals surface area contributed by atoms with Crippen molar-refractivity contribution in [3.8, 4) is 0 Å². The number of carbonyl (C=O) groups excluding carboxylic acids is 2. The molecule has 0 aromatic carbocycles. The molecule has 0 fully saturated rings. The molecule has 0 amide bonds. The molecule has 308 valence electrons. The lowest BCUT2D eigenvalue weighted by atomic mass is 10.1. The lowest BCUT2D eigenvalue weighted by Gasteiger charge is -2.19. The van der Waals surface area contributed by atoms with Crippen molar-refractivity contribution < 1.29 is 37.6 Å². The molecule has 0 spiro atoms. The van der Waals surface area contributed by atoms with Crippen LogP contribution in [0.5, 0.6) is 0 Å². The van der Waals surface area contributed by atoms with Crippen molar-refractivity contribution in [2.45, 2.75) is 155 Å². The van der Waals surface area contributed by atoms with Crippen molar-refractivity contribution in [3.63, 3.8) is 0 Å². The SMILES string of the molecule is CCC=CCC=CCC=CCC=CCC=CCC=CCCC(=O)OC(COC(=O)CCC=CCCCCCCCCCCCC)COP(=O)(O)OCCN. The second-order valence-corrected chi connectivity index (χ2v) is 14.6. The molecule has 10 heteroatoms. The van der Waals surface area contributed by atoms with Gasteiger partial charge in [-0.15, -0.1) is 0 Å². The molecule has 0 saturated carbocycles. The minimum atomic E-state index is -4.41. The Hall–Kier alpha value is -2.81. The second kappa shape index (κ2) is 39.9. The van der Waals surface area contributed by atoms with Gasteiger partial charge in [0, 0.05) is 19.4 Å². The number of ether oxygens (including phenoxy) is 2. The summed E-state index contributed by atoms with van der Waals surface area (Å²) in [5, 5.41) is 0. The Morgan fingerprint density at radius 2 is 1.02 bits per heavy atom. The van der Waals surface area contributed by atoms with E-state index in [1.165, 1.54) is 57.8 Å². The quantitative estimate of drug-likeness (QED) is 0.0274. The molecular formula is C44H74NO8P. The topological polar surface area (TPSA) is 134 Å². The maximum absolute atomic E-state index is 12.5. The summed E-state index contributed by atoms with van der Waals surface area (Å²) < 4.78 is 32.6. The Balaban J connectivity index is 4.38. The maximum atomic E-state index is 12.5. The van der Waals surface area contributed by atoms with Crippen molar-refractivity contribution in [1.82, 2.24) is 0 Å². The van der Waals surface area contributed by atoms with Crippen LogP contribution >= 0.6 is 7.82 Å². The largest absolute Gasteiger partial charge is 0.472 e. The summed E-state index contributed by atoms with van der Waals surface area (Å²) in [6.45, 7) is 3.46. The Bertz CT molecular complexity index is 1160. The molecule has 0 aliphatic rings. The third-order valence-electron chi connectivity index (χ3n) is 8.04. The zero-order valence-corrected chi connectivity index (χ0v) is 34.6. The van der Waals surface area contributed by atoms with Crippen LogP contribution < -0.4 is 5.73 Å². The van der Waals surface area contributed by atoms with Gasteiger partial charge < -0.3 is 20.1 Å². The highest BCUT2D eigenvalue weighted by molar-refractivity contribution is 7.47. The Morgan fingerprint density at radius 1 is 0.574 bits per heavy atom. The average Bonchev–Trinajstić information content (AvgIpc) is 3.16. The highest BCUT2D eigenvalue weighted by Gasteiger charge is 2.25. The van der Waals surface area contributed by atoms with Crippen LogP contribution in [-0.4, -0.2) is 49.3 Å². The van der Waals surface area contributed by atoms with E-state index in [9.17, 15) is 19.0 Å². The van der Waals surface area contributed by atoms with Crippen LogP contribution in [0.25, 0.3) is 0 Å². The van der Waals surface area contributed by atoms with Gasteiger partial charge in [0.25, 0.3) is 0 Å². The Morgan fingerprint density at radius 3 is 1.54 bits per heavy atom. The van der Waals surface area contributed by atoms with Crippen molar-refractivity contribution in [3.05, 3.63) is 85.1 Å². The molecule has 0 aromatic rings. The van der Waals surface area contributed by atoms with Crippen molar-refractivity contribution in [2.24, 2.45) is 5.73 Å². The number of esters is 2. The van der Waals surface area contributed by atoms with E-state index in [1.54, 1.807) is 0 Å². The molecule has 3 N–H and O–H groups in total. The predicted molar refractivity (Wildman–Crippen MR) is 224 cm³/mol. The van der Waals surface area contributed by atoms with E-state index in [4.69, 9.17) is 24.3 Å². The number of nitrogens with two attached hydrogens (primary N) is 1. The summed E-state index contributed by atoms with van der Waals surface area (Å²) in [6.07, 6.45) is 49.3. The van der Waals surface area contributed by atoms with Gasteiger partial charge in [0.2, 0.25) is 0 Å². The van der Waals surface area contributed by atoms with Crippen LogP contribution in [0, 0.1) is 0 Å². The first-order valence-electron chi connectivity index (χ1n) is 20.6. The average molecular weight is 776 g/mol. The van der Waals surface area contributed by atoms with Gasteiger partial charge in [-0.25, -0.2) is 4.57 Å². The summed E-state index contributed by atoms with van der Waals surface area (Å²) in [7, 11) is -4.41. The van der Waals surface area contributed by atoms with E-state index < -0.39 is 32.5 Å². The van der Waals surface area contributed by atoms with Crippen LogP contribution in [0.1, 0.15) is 149 Å². The minimum Gasteiger partial charge on any atom is -0.462 e. The lowest BCUT2D eigenvalue weighted by Crippen LogP contribution is -2.29. The zero-order valence-electron chi connectivity index (χ0n) is 33.7. The number of unbranched alkanes of at least 4 members (excludes halogenated alkanes) is 10. The first-order valence-corrected chi connectivity index (χ1v) is 22.1. The second-order valence-electron chi connectivity index (χ2n) is 13.1. The summed E-state index contributed by atoms with van der Waals surface area (Å²) in [5.74, 6) is -0.992. The molecule has 2 unspecified atom stereocenters. The van der Waals surface area contributed by atoms with Gasteiger partial charge in [-0.1, -0.05) is 157 Å². The van der Waals surface area contributed by atoms with Gasteiger partial charge in [0.15, 0.2) is 6.10 Å². The van der Waals surface area contributed by atoms with E-state index in [1.807, 2.05) is 18.2 Å². The van der Waals surface area contributed by atoms with Gasteiger partial charge >= 0.3 is 19.8 Å². The van der Waals surface area contributed by atoms with E-state index in [2.05, 4.69) is 80.7 Å². The molecule has 0 bridgehead atoms. The Labute approximate surface area is 328 Å². The number of hydrogen-bond donors (Lipinski definition) is 2. The molecule has 0 saturated heterocycles. The number of phosphoric ester groups is 1. The lowest BCUT2D eigenvalue weighted by molar-refractivity contribution is -0.161. The van der Waals surface area contributed by atoms with Crippen LogP contribution in [0.2, 0.25) is 0 Å². The fourth-order valence-corrected chi connectivity index (χ4v) is 5.79. The normalized spacial score (nSPS) is 14.2. The molecule has 9 nitrogen and oxygen atoms in total. The summed E-state index contributed by atoms with van der Waals surface area (Å²) in [4.78, 5) is 34.7. The first kappa shape index (κ1) is 51.2. The van der Waals surface area contributed by atoms with Gasteiger partial charge in [-0.2, -0.15) is 0 Å². The number of phosphoric acid groups is 1. The zero-order chi connectivity index (χ0) is 39.6. The fraction of sp³-hybridized carbons (Fsp3) is 0.636. The highest BCUT2D eigenvalue weighted by Crippen LogP contribution is 2.43. The molecule has 54 heavy (non-hydrogen) atoms. The molecule has 0 aliphatic heterocycles. The monoisotopic (exact) mass is 776 g/mol. The molecule has 0 radical (unpaired) electrons. The van der Waals surface area contributed by atoms with Crippen LogP contribution in [-0.2, 0) is 32.7 Å². The number of hydrogen-bond acceptors (Lipinski definition) is 8. The van der Waals surface area contributed by atoms with Crippen molar-refractivity contribution >= 4 is 19.8 Å². The third kappa shape index (κ3) is 38.9. The maximum Gasteiger partial charge on any atom is 0.472 e. The van der Waals surface area contributed by atoms with Crippen LogP contribution in [0.15, 0.2) is 85.1 Å². The molecule has 0 rings (SSSR count). The van der Waals surface area contributed by atoms with E-state index in [-0.39, 0.29) is 32.6 Å². The molecule has 2 atom stereocenters. The predicted octanol–water partition coefficient (Wildman–Crippen LogP) is 11.7. The Kier molecular flexibility index (Phi) is 37.8. The smallest absolute Gasteiger partial charge is 0.462 e. The number of carbonyl (C=O) groups is 2.